The molecular weight excluding hydrogens is 617 g/mol. The monoisotopic (exact) mass is 646 g/mol. The fourth-order valence-corrected chi connectivity index (χ4v) is 4.71. The lowest BCUT2D eigenvalue weighted by Gasteiger charge is -2.09. The number of thioether (sulfide) groups is 1. The number of aryl methyl sites for hydroxylation is 2. The number of carboxylic acid groups (broad SMARTS) is 1. The Balaban J connectivity index is 1.40. The molecule has 0 heterocycles. The van der Waals surface area contributed by atoms with Crippen molar-refractivity contribution in [1.29, 1.82) is 0 Å². The molecule has 0 aliphatic heterocycles. The number of rotatable bonds is 10. The third-order valence-corrected chi connectivity index (χ3v) is 7.22. The average molecular weight is 647 g/mol. The van der Waals surface area contributed by atoms with Gasteiger partial charge >= 0.3 is 12.3 Å². The van der Waals surface area contributed by atoms with Crippen LogP contribution in [0, 0.1) is 13.8 Å². The number of nitrogens with two attached hydrogens (primary N) is 1. The molecular formula is C33H29F3N6O3S. The van der Waals surface area contributed by atoms with E-state index < -0.39 is 12.3 Å². The second-order valence-electron chi connectivity index (χ2n) is 9.74. The van der Waals surface area contributed by atoms with Gasteiger partial charge in [0.05, 0.1) is 23.2 Å². The van der Waals surface area contributed by atoms with Crippen molar-refractivity contribution in [3.63, 3.8) is 0 Å². The van der Waals surface area contributed by atoms with Gasteiger partial charge in [-0.2, -0.15) is 5.10 Å². The Labute approximate surface area is 267 Å². The summed E-state index contributed by atoms with van der Waals surface area (Å²) in [5.74, 6) is -0.587. The zero-order valence-corrected chi connectivity index (χ0v) is 25.5. The van der Waals surface area contributed by atoms with E-state index >= 15 is 0 Å². The van der Waals surface area contributed by atoms with E-state index in [0.29, 0.717) is 22.2 Å². The number of carbonyl (C=O) groups is 1. The van der Waals surface area contributed by atoms with Crippen molar-refractivity contribution in [2.24, 2.45) is 25.8 Å². The first-order valence-corrected chi connectivity index (χ1v) is 14.7. The molecule has 0 unspecified atom stereocenters. The van der Waals surface area contributed by atoms with Crippen LogP contribution < -0.4 is 15.9 Å². The number of benzene rings is 4. The zero-order valence-electron chi connectivity index (χ0n) is 24.7. The topological polar surface area (TPSA) is 134 Å². The van der Waals surface area contributed by atoms with Crippen molar-refractivity contribution in [1.82, 2.24) is 5.43 Å². The molecule has 4 N–H and O–H groups in total. The number of carboxylic acids is 1. The molecule has 0 aliphatic carbocycles. The summed E-state index contributed by atoms with van der Waals surface area (Å²) < 4.78 is 40.8. The maximum absolute atomic E-state index is 12.3. The predicted octanol–water partition coefficient (Wildman–Crippen LogP) is 7.51. The van der Waals surface area contributed by atoms with E-state index in [0.717, 1.165) is 40.1 Å². The summed E-state index contributed by atoms with van der Waals surface area (Å²) in [7, 11) is 0. The van der Waals surface area contributed by atoms with E-state index in [9.17, 15) is 18.0 Å². The van der Waals surface area contributed by atoms with E-state index in [1.807, 2.05) is 32.0 Å². The van der Waals surface area contributed by atoms with Crippen LogP contribution in [0.2, 0.25) is 0 Å². The molecule has 236 valence electrons. The molecule has 0 amide bonds. The quantitative estimate of drug-likeness (QED) is 0.0928. The van der Waals surface area contributed by atoms with Crippen LogP contribution in [0.3, 0.4) is 0 Å². The number of alkyl halides is 3. The van der Waals surface area contributed by atoms with Crippen molar-refractivity contribution >= 4 is 52.7 Å². The molecule has 4 aromatic rings. The summed E-state index contributed by atoms with van der Waals surface area (Å²) in [6, 6.07) is 24.8. The van der Waals surface area contributed by atoms with Crippen LogP contribution in [-0.2, 0) is 5.75 Å². The number of amidine groups is 2. The van der Waals surface area contributed by atoms with Gasteiger partial charge < -0.3 is 15.6 Å². The van der Waals surface area contributed by atoms with Gasteiger partial charge in [-0.3, -0.25) is 5.43 Å². The smallest absolute Gasteiger partial charge is 0.478 e. The standard InChI is InChI=1S/C33H29F3N6O3S/c1-21-4-3-5-22(2)29(21)41-32(46-19-24-8-12-26(13-9-24)31(43)44)42-40-18-23-6-10-25(11-7-23)30(37)39-20-38-27-14-16-28(17-15-27)45-33(34,35)36/h3-18,20H,19H2,1-2H3,(H,41,42)(H,43,44)(H2,37,38,39)/b40-18-. The third kappa shape index (κ3) is 10.3. The second-order valence-corrected chi connectivity index (χ2v) is 10.7. The Morgan fingerprint density at radius 1 is 0.935 bits per heavy atom. The highest BCUT2D eigenvalue weighted by atomic mass is 32.2. The predicted molar refractivity (Wildman–Crippen MR) is 177 cm³/mol. The molecule has 0 saturated carbocycles. The Bertz CT molecular complexity index is 1750. The van der Waals surface area contributed by atoms with Crippen LogP contribution in [-0.4, -0.2) is 41.0 Å². The lowest BCUT2D eigenvalue weighted by atomic mass is 10.1. The Hall–Kier alpha value is -5.43. The number of hydrazone groups is 1. The number of halogens is 3. The fourth-order valence-electron chi connectivity index (χ4n) is 3.94. The highest BCUT2D eigenvalue weighted by Crippen LogP contribution is 2.26. The van der Waals surface area contributed by atoms with Gasteiger partial charge in [-0.15, -0.1) is 13.2 Å². The number of nitrogens with one attached hydrogen (secondary N) is 1. The van der Waals surface area contributed by atoms with Crippen molar-refractivity contribution in [2.75, 3.05) is 0 Å². The minimum atomic E-state index is -4.76. The first kappa shape index (κ1) is 33.5. The van der Waals surface area contributed by atoms with Crippen molar-refractivity contribution in [3.05, 3.63) is 124 Å². The van der Waals surface area contributed by atoms with Crippen molar-refractivity contribution in [3.8, 4) is 5.75 Å². The molecule has 46 heavy (non-hydrogen) atoms. The van der Waals surface area contributed by atoms with E-state index in [1.54, 1.807) is 54.7 Å². The van der Waals surface area contributed by atoms with E-state index in [2.05, 4.69) is 25.2 Å². The van der Waals surface area contributed by atoms with E-state index in [4.69, 9.17) is 15.8 Å². The molecule has 0 saturated heterocycles. The van der Waals surface area contributed by atoms with Crippen LogP contribution in [0.15, 0.2) is 111 Å². The molecule has 0 fully saturated rings. The van der Waals surface area contributed by atoms with E-state index in [-0.39, 0.29) is 17.1 Å². The molecule has 0 spiro atoms. The summed E-state index contributed by atoms with van der Waals surface area (Å²) in [4.78, 5) is 24.2. The Morgan fingerprint density at radius 3 is 2.17 bits per heavy atom. The van der Waals surface area contributed by atoms with Crippen LogP contribution in [0.25, 0.3) is 0 Å². The zero-order chi connectivity index (χ0) is 33.1. The summed E-state index contributed by atoms with van der Waals surface area (Å²) in [5.41, 5.74) is 14.9. The van der Waals surface area contributed by atoms with Gasteiger partial charge in [0.2, 0.25) is 0 Å². The minimum absolute atomic E-state index is 0.193. The number of hydrogen-bond acceptors (Lipinski definition) is 6. The highest BCUT2D eigenvalue weighted by molar-refractivity contribution is 8.13. The number of hydrogen-bond donors (Lipinski definition) is 3. The molecule has 0 aromatic heterocycles. The molecule has 13 heteroatoms. The van der Waals surface area contributed by atoms with Gasteiger partial charge in [-0.1, -0.05) is 66.4 Å². The lowest BCUT2D eigenvalue weighted by Crippen LogP contribution is -2.16. The lowest BCUT2D eigenvalue weighted by molar-refractivity contribution is -0.274. The van der Waals surface area contributed by atoms with Crippen molar-refractivity contribution < 1.29 is 27.8 Å². The molecule has 0 aliphatic rings. The number of nitrogens with zero attached hydrogens (tertiary/aromatic N) is 4. The number of aliphatic imine (C=N–C) groups is 3. The Kier molecular flexibility index (Phi) is 11.3. The maximum atomic E-state index is 12.3. The van der Waals surface area contributed by atoms with Gasteiger partial charge in [0, 0.05) is 11.3 Å². The molecule has 4 rings (SSSR count). The normalized spacial score (nSPS) is 12.5. The highest BCUT2D eigenvalue weighted by Gasteiger charge is 2.30. The van der Waals surface area contributed by atoms with Crippen molar-refractivity contribution in [2.45, 2.75) is 26.0 Å². The summed E-state index contributed by atoms with van der Waals surface area (Å²) in [6.07, 6.45) is -1.92. The molecule has 0 atom stereocenters. The number of ether oxygens (including phenoxy) is 1. The first-order chi connectivity index (χ1) is 22.0. The summed E-state index contributed by atoms with van der Waals surface area (Å²) in [6.45, 7) is 3.97. The third-order valence-electron chi connectivity index (χ3n) is 6.28. The van der Waals surface area contributed by atoms with Crippen LogP contribution in [0.5, 0.6) is 5.75 Å². The largest absolute Gasteiger partial charge is 0.573 e. The first-order valence-electron chi connectivity index (χ1n) is 13.7. The fraction of sp³-hybridized carbons (Fsp3) is 0.121. The van der Waals surface area contributed by atoms with Crippen LogP contribution in [0.4, 0.5) is 24.5 Å². The van der Waals surface area contributed by atoms with Gasteiger partial charge in [-0.05, 0) is 72.5 Å². The van der Waals surface area contributed by atoms with Crippen LogP contribution in [0.1, 0.15) is 38.2 Å². The Morgan fingerprint density at radius 2 is 1.57 bits per heavy atom. The molecule has 0 bridgehead atoms. The van der Waals surface area contributed by atoms with Gasteiger partial charge in [-0.25, -0.2) is 19.8 Å². The molecule has 4 aromatic carbocycles. The number of para-hydroxylation sites is 1. The summed E-state index contributed by atoms with van der Waals surface area (Å²) >= 11 is 1.43. The van der Waals surface area contributed by atoms with Gasteiger partial charge in [0.25, 0.3) is 0 Å². The maximum Gasteiger partial charge on any atom is 0.573 e. The number of aromatic carboxylic acids is 1. The van der Waals surface area contributed by atoms with Crippen LogP contribution >= 0.6 is 11.8 Å². The van der Waals surface area contributed by atoms with E-state index in [1.165, 1.54) is 30.2 Å². The minimum Gasteiger partial charge on any atom is -0.478 e. The average Bonchev–Trinajstić information content (AvgIpc) is 3.02. The van der Waals surface area contributed by atoms with Gasteiger partial charge in [0.15, 0.2) is 5.17 Å². The summed E-state index contributed by atoms with van der Waals surface area (Å²) in [5, 5.41) is 14.1. The SMILES string of the molecule is Cc1cccc(C)c1N=C(N/N=C\c1ccc(C(N)=NC=Nc2ccc(OC(F)(F)F)cc2)cc1)SCc1ccc(C(=O)O)cc1. The molecule has 0 radical (unpaired) electrons. The second kappa shape index (κ2) is 15.5. The van der Waals surface area contributed by atoms with Gasteiger partial charge in [0.1, 0.15) is 17.9 Å². The molecule has 9 nitrogen and oxygen atoms in total.